The number of carbonyl (C=O) groups excluding carboxylic acids is 1. The third-order valence-electron chi connectivity index (χ3n) is 4.19. The molecule has 24 heavy (non-hydrogen) atoms. The lowest BCUT2D eigenvalue weighted by Gasteiger charge is -2.33. The van der Waals surface area contributed by atoms with Gasteiger partial charge in [0.25, 0.3) is 5.91 Å². The van der Waals surface area contributed by atoms with E-state index in [1.54, 1.807) is 6.07 Å². The molecule has 3 atom stereocenters. The number of amides is 1. The summed E-state index contributed by atoms with van der Waals surface area (Å²) in [7, 11) is 0. The van der Waals surface area contributed by atoms with E-state index in [1.807, 2.05) is 0 Å². The average molecular weight is 338 g/mol. The van der Waals surface area contributed by atoms with Crippen molar-refractivity contribution >= 4 is 11.9 Å². The molecule has 0 saturated carbocycles. The summed E-state index contributed by atoms with van der Waals surface area (Å²) in [5, 5.41) is 17.7. The number of hydrogen-bond acceptors (Lipinski definition) is 5. The Balaban J connectivity index is 2.15. The Morgan fingerprint density at radius 1 is 1.46 bits per heavy atom. The summed E-state index contributed by atoms with van der Waals surface area (Å²) in [5.41, 5.74) is 6.24. The smallest absolute Gasteiger partial charge is 0.322 e. The lowest BCUT2D eigenvalue weighted by Crippen LogP contribution is -2.49. The summed E-state index contributed by atoms with van der Waals surface area (Å²) in [6, 6.07) is 3.21. The van der Waals surface area contributed by atoms with Crippen LogP contribution in [-0.4, -0.2) is 48.8 Å². The van der Waals surface area contributed by atoms with Crippen molar-refractivity contribution in [3.05, 3.63) is 35.1 Å². The molecule has 8 heteroatoms. The normalized spacial score (nSPS) is 22.0. The third kappa shape index (κ3) is 4.50. The maximum Gasteiger partial charge on any atom is 0.322 e. The molecule has 1 saturated heterocycles. The van der Waals surface area contributed by atoms with Gasteiger partial charge in [-0.25, -0.2) is 4.39 Å². The lowest BCUT2D eigenvalue weighted by molar-refractivity contribution is -0.138. The molecule has 0 aromatic heterocycles. The quantitative estimate of drug-likeness (QED) is 0.498. The molecule has 1 aromatic rings. The Labute approximate surface area is 139 Å². The molecule has 2 rings (SSSR count). The van der Waals surface area contributed by atoms with Crippen LogP contribution in [0.1, 0.15) is 35.2 Å². The zero-order valence-electron chi connectivity index (χ0n) is 13.5. The second-order valence-corrected chi connectivity index (χ2v) is 5.88. The Bertz CT molecular complexity index is 611. The minimum atomic E-state index is -1.21. The Hall–Kier alpha value is -2.03. The monoisotopic (exact) mass is 338 g/mol. The Morgan fingerprint density at radius 2 is 2.21 bits per heavy atom. The highest BCUT2D eigenvalue weighted by Gasteiger charge is 2.26. The molecule has 0 spiro atoms. The van der Waals surface area contributed by atoms with E-state index in [1.165, 1.54) is 6.07 Å². The maximum atomic E-state index is 14.0. The molecule has 0 bridgehead atoms. The van der Waals surface area contributed by atoms with Crippen LogP contribution in [0.25, 0.3) is 0 Å². The number of nitrogens with one attached hydrogen (secondary N) is 3. The van der Waals surface area contributed by atoms with E-state index in [0.717, 1.165) is 18.1 Å². The standard InChI is InChI=1S/C16H23FN4O3/c1-2-14-12(6-19-8-21-14)9-3-10(5-11(17)4-9)15(22)20-7-13(18)16(23)24/h3-5,12-14,19,21H,2,6-8,18H2,1H3,(H,20,22)(H,23,24)/t12?,13-,14?/m1/s1. The van der Waals surface area contributed by atoms with Crippen molar-refractivity contribution in [2.45, 2.75) is 31.3 Å². The second kappa shape index (κ2) is 8.18. The van der Waals surface area contributed by atoms with Gasteiger partial charge in [-0.2, -0.15) is 0 Å². The molecule has 1 amide bonds. The SMILES string of the molecule is CCC1NCNCC1c1cc(F)cc(C(=O)NC[C@@H](N)C(=O)O)c1. The number of rotatable bonds is 6. The molecule has 1 heterocycles. The summed E-state index contributed by atoms with van der Waals surface area (Å²) in [5.74, 6) is -2.20. The van der Waals surface area contributed by atoms with Crippen LogP contribution in [0.3, 0.4) is 0 Å². The van der Waals surface area contributed by atoms with Crippen LogP contribution in [0.4, 0.5) is 4.39 Å². The van der Waals surface area contributed by atoms with Gasteiger partial charge >= 0.3 is 5.97 Å². The topological polar surface area (TPSA) is 116 Å². The fourth-order valence-corrected chi connectivity index (χ4v) is 2.84. The first-order valence-electron chi connectivity index (χ1n) is 7.93. The number of carboxylic acids is 1. The van der Waals surface area contributed by atoms with Gasteiger partial charge in [0, 0.05) is 37.3 Å². The lowest BCUT2D eigenvalue weighted by atomic mass is 9.87. The maximum absolute atomic E-state index is 14.0. The van der Waals surface area contributed by atoms with E-state index < -0.39 is 23.7 Å². The highest BCUT2D eigenvalue weighted by molar-refractivity contribution is 5.94. The minimum absolute atomic E-state index is 0.0484. The molecule has 1 fully saturated rings. The van der Waals surface area contributed by atoms with Crippen molar-refractivity contribution in [3.63, 3.8) is 0 Å². The van der Waals surface area contributed by atoms with E-state index in [9.17, 15) is 14.0 Å². The first-order chi connectivity index (χ1) is 11.4. The van der Waals surface area contributed by atoms with Crippen LogP contribution in [0.2, 0.25) is 0 Å². The van der Waals surface area contributed by atoms with Crippen molar-refractivity contribution in [1.82, 2.24) is 16.0 Å². The Kier molecular flexibility index (Phi) is 6.24. The van der Waals surface area contributed by atoms with Crippen molar-refractivity contribution in [2.24, 2.45) is 5.73 Å². The van der Waals surface area contributed by atoms with Crippen LogP contribution in [-0.2, 0) is 4.79 Å². The first-order valence-corrected chi connectivity index (χ1v) is 7.93. The summed E-state index contributed by atoms with van der Waals surface area (Å²) >= 11 is 0. The van der Waals surface area contributed by atoms with Gasteiger partial charge in [-0.1, -0.05) is 6.92 Å². The zero-order valence-corrected chi connectivity index (χ0v) is 13.5. The van der Waals surface area contributed by atoms with Crippen molar-refractivity contribution in [1.29, 1.82) is 0 Å². The molecule has 0 radical (unpaired) electrons. The van der Waals surface area contributed by atoms with Gasteiger partial charge in [-0.3, -0.25) is 9.59 Å². The molecule has 2 unspecified atom stereocenters. The molecule has 1 aromatic carbocycles. The van der Waals surface area contributed by atoms with Crippen LogP contribution >= 0.6 is 0 Å². The number of halogens is 1. The second-order valence-electron chi connectivity index (χ2n) is 5.88. The number of benzene rings is 1. The largest absolute Gasteiger partial charge is 0.480 e. The number of carbonyl (C=O) groups is 2. The number of hydrogen-bond donors (Lipinski definition) is 5. The summed E-state index contributed by atoms with van der Waals surface area (Å²) in [6.45, 7) is 3.23. The highest BCUT2D eigenvalue weighted by atomic mass is 19.1. The molecule has 0 aliphatic carbocycles. The number of carboxylic acid groups (broad SMARTS) is 1. The van der Waals surface area contributed by atoms with Gasteiger partial charge in [-0.05, 0) is 30.2 Å². The van der Waals surface area contributed by atoms with Gasteiger partial charge < -0.3 is 26.8 Å². The van der Waals surface area contributed by atoms with Crippen LogP contribution < -0.4 is 21.7 Å². The fourth-order valence-electron chi connectivity index (χ4n) is 2.84. The highest BCUT2D eigenvalue weighted by Crippen LogP contribution is 2.25. The van der Waals surface area contributed by atoms with Gasteiger partial charge in [0.2, 0.25) is 0 Å². The number of aliphatic carboxylic acids is 1. The summed E-state index contributed by atoms with van der Waals surface area (Å²) in [4.78, 5) is 22.8. The van der Waals surface area contributed by atoms with Crippen molar-refractivity contribution in [2.75, 3.05) is 19.8 Å². The van der Waals surface area contributed by atoms with Crippen molar-refractivity contribution in [3.8, 4) is 0 Å². The average Bonchev–Trinajstić information content (AvgIpc) is 2.58. The van der Waals surface area contributed by atoms with Gasteiger partial charge in [-0.15, -0.1) is 0 Å². The molecule has 6 N–H and O–H groups in total. The van der Waals surface area contributed by atoms with E-state index >= 15 is 0 Å². The van der Waals surface area contributed by atoms with Crippen LogP contribution in [0, 0.1) is 5.82 Å². The minimum Gasteiger partial charge on any atom is -0.480 e. The van der Waals surface area contributed by atoms with E-state index in [4.69, 9.17) is 10.8 Å². The molecule has 1 aliphatic heterocycles. The fraction of sp³-hybridized carbons (Fsp3) is 0.500. The molecule has 1 aliphatic rings. The summed E-state index contributed by atoms with van der Waals surface area (Å²) in [6.07, 6.45) is 0.887. The molecule has 132 valence electrons. The molecular weight excluding hydrogens is 315 g/mol. The van der Waals surface area contributed by atoms with Gasteiger partial charge in [0.05, 0.1) is 0 Å². The Morgan fingerprint density at radius 3 is 2.88 bits per heavy atom. The molecule has 7 nitrogen and oxygen atoms in total. The van der Waals surface area contributed by atoms with E-state index in [0.29, 0.717) is 13.2 Å². The van der Waals surface area contributed by atoms with Gasteiger partial charge in [0.15, 0.2) is 0 Å². The zero-order chi connectivity index (χ0) is 17.7. The van der Waals surface area contributed by atoms with E-state index in [-0.39, 0.29) is 24.1 Å². The molecular formula is C16H23FN4O3. The number of nitrogens with two attached hydrogens (primary N) is 1. The summed E-state index contributed by atoms with van der Waals surface area (Å²) < 4.78 is 14.0. The van der Waals surface area contributed by atoms with Crippen LogP contribution in [0.15, 0.2) is 18.2 Å². The predicted octanol–water partition coefficient (Wildman–Crippen LogP) is -0.0201. The van der Waals surface area contributed by atoms with Crippen molar-refractivity contribution < 1.29 is 19.1 Å². The van der Waals surface area contributed by atoms with Crippen LogP contribution in [0.5, 0.6) is 0 Å². The third-order valence-corrected chi connectivity index (χ3v) is 4.19. The predicted molar refractivity (Wildman–Crippen MR) is 87.2 cm³/mol. The first kappa shape index (κ1) is 18.3. The van der Waals surface area contributed by atoms with Gasteiger partial charge in [0.1, 0.15) is 11.9 Å². The van der Waals surface area contributed by atoms with E-state index in [2.05, 4.69) is 22.9 Å².